The molecular weight excluding hydrogens is 258 g/mol. The van der Waals surface area contributed by atoms with Gasteiger partial charge in [-0.2, -0.15) is 0 Å². The summed E-state index contributed by atoms with van der Waals surface area (Å²) >= 11 is 3.32. The standard InChI is InChI=1S/C11H14BrNO2/c1-8(14)7-13(2)11(15)9-5-3-4-6-10(9)12/h3-6,8,14H,7H2,1-2H3. The van der Waals surface area contributed by atoms with Crippen LogP contribution >= 0.6 is 15.9 Å². The third kappa shape index (κ3) is 3.32. The number of carbonyl (C=O) groups is 1. The van der Waals surface area contributed by atoms with Crippen molar-refractivity contribution in [3.63, 3.8) is 0 Å². The molecular formula is C11H14BrNO2. The first-order valence-corrected chi connectivity index (χ1v) is 5.49. The van der Waals surface area contributed by atoms with Crippen LogP contribution in [-0.4, -0.2) is 35.6 Å². The third-order valence-corrected chi connectivity index (χ3v) is 2.68. The summed E-state index contributed by atoms with van der Waals surface area (Å²) in [4.78, 5) is 13.4. The highest BCUT2D eigenvalue weighted by Crippen LogP contribution is 2.17. The van der Waals surface area contributed by atoms with Crippen molar-refractivity contribution in [2.24, 2.45) is 0 Å². The lowest BCUT2D eigenvalue weighted by atomic mass is 10.2. The predicted octanol–water partition coefficient (Wildman–Crippen LogP) is 1.90. The first-order chi connectivity index (χ1) is 7.02. The minimum atomic E-state index is -0.513. The number of amides is 1. The second-order valence-corrected chi connectivity index (χ2v) is 4.37. The quantitative estimate of drug-likeness (QED) is 0.913. The molecule has 0 aromatic heterocycles. The molecule has 0 spiro atoms. The van der Waals surface area contributed by atoms with Gasteiger partial charge in [0.05, 0.1) is 11.7 Å². The fourth-order valence-electron chi connectivity index (χ4n) is 1.32. The average Bonchev–Trinajstić information content (AvgIpc) is 2.16. The molecule has 0 heterocycles. The van der Waals surface area contributed by atoms with Crippen LogP contribution in [0, 0.1) is 0 Å². The number of aliphatic hydroxyl groups excluding tert-OH is 1. The Labute approximate surface area is 97.8 Å². The summed E-state index contributed by atoms with van der Waals surface area (Å²) in [5, 5.41) is 9.18. The predicted molar refractivity (Wildman–Crippen MR) is 62.8 cm³/mol. The highest BCUT2D eigenvalue weighted by Gasteiger charge is 2.15. The van der Waals surface area contributed by atoms with Crippen molar-refractivity contribution >= 4 is 21.8 Å². The highest BCUT2D eigenvalue weighted by molar-refractivity contribution is 9.10. The Kier molecular flexibility index (Phi) is 4.29. The molecule has 0 aliphatic rings. The molecule has 82 valence electrons. The number of carbonyl (C=O) groups excluding carboxylic acids is 1. The second kappa shape index (κ2) is 5.28. The van der Waals surface area contributed by atoms with Gasteiger partial charge in [-0.1, -0.05) is 12.1 Å². The number of halogens is 1. The molecule has 3 nitrogen and oxygen atoms in total. The average molecular weight is 272 g/mol. The van der Waals surface area contributed by atoms with Crippen LogP contribution in [0.3, 0.4) is 0 Å². The first-order valence-electron chi connectivity index (χ1n) is 4.70. The summed E-state index contributed by atoms with van der Waals surface area (Å²) < 4.78 is 0.771. The SMILES string of the molecule is CC(O)CN(C)C(=O)c1ccccc1Br. The number of benzene rings is 1. The van der Waals surface area contributed by atoms with Crippen LogP contribution in [0.2, 0.25) is 0 Å². The van der Waals surface area contributed by atoms with Gasteiger partial charge in [-0.25, -0.2) is 0 Å². The third-order valence-electron chi connectivity index (χ3n) is 1.99. The zero-order valence-corrected chi connectivity index (χ0v) is 10.4. The van der Waals surface area contributed by atoms with Crippen LogP contribution < -0.4 is 0 Å². The maximum absolute atomic E-state index is 11.9. The van der Waals surface area contributed by atoms with Crippen molar-refractivity contribution in [3.8, 4) is 0 Å². The van der Waals surface area contributed by atoms with Crippen molar-refractivity contribution in [1.29, 1.82) is 0 Å². The van der Waals surface area contributed by atoms with E-state index in [0.29, 0.717) is 12.1 Å². The van der Waals surface area contributed by atoms with Gasteiger partial charge < -0.3 is 10.0 Å². The number of aliphatic hydroxyl groups is 1. The molecule has 0 aliphatic carbocycles. The maximum atomic E-state index is 11.9. The van der Waals surface area contributed by atoms with E-state index in [9.17, 15) is 9.90 Å². The van der Waals surface area contributed by atoms with Gasteiger partial charge >= 0.3 is 0 Å². The van der Waals surface area contributed by atoms with E-state index in [0.717, 1.165) is 4.47 Å². The van der Waals surface area contributed by atoms with Crippen LogP contribution in [0.1, 0.15) is 17.3 Å². The van der Waals surface area contributed by atoms with Crippen LogP contribution in [0.4, 0.5) is 0 Å². The lowest BCUT2D eigenvalue weighted by molar-refractivity contribution is 0.0703. The van der Waals surface area contributed by atoms with E-state index in [1.165, 1.54) is 4.90 Å². The van der Waals surface area contributed by atoms with Gasteiger partial charge in [0, 0.05) is 18.1 Å². The van der Waals surface area contributed by atoms with Gasteiger partial charge in [-0.3, -0.25) is 4.79 Å². The van der Waals surface area contributed by atoms with Gasteiger partial charge in [-0.15, -0.1) is 0 Å². The second-order valence-electron chi connectivity index (χ2n) is 3.51. The van der Waals surface area contributed by atoms with E-state index in [-0.39, 0.29) is 5.91 Å². The molecule has 15 heavy (non-hydrogen) atoms. The Balaban J connectivity index is 2.81. The molecule has 1 N–H and O–H groups in total. The number of rotatable bonds is 3. The van der Waals surface area contributed by atoms with Crippen molar-refractivity contribution < 1.29 is 9.90 Å². The largest absolute Gasteiger partial charge is 0.392 e. The Hall–Kier alpha value is -0.870. The maximum Gasteiger partial charge on any atom is 0.254 e. The van der Waals surface area contributed by atoms with Gasteiger partial charge in [0.1, 0.15) is 0 Å². The fourth-order valence-corrected chi connectivity index (χ4v) is 1.77. The molecule has 0 saturated carbocycles. The van der Waals surface area contributed by atoms with Crippen molar-refractivity contribution in [2.45, 2.75) is 13.0 Å². The van der Waals surface area contributed by atoms with E-state index in [2.05, 4.69) is 15.9 Å². The van der Waals surface area contributed by atoms with Gasteiger partial charge in [0.15, 0.2) is 0 Å². The summed E-state index contributed by atoms with van der Waals surface area (Å²) in [5.74, 6) is -0.0941. The summed E-state index contributed by atoms with van der Waals surface area (Å²) in [6.07, 6.45) is -0.513. The minimum Gasteiger partial charge on any atom is -0.392 e. The lowest BCUT2D eigenvalue weighted by Gasteiger charge is -2.19. The van der Waals surface area contributed by atoms with E-state index in [4.69, 9.17) is 0 Å². The molecule has 1 rings (SSSR count). The van der Waals surface area contributed by atoms with Crippen LogP contribution in [0.5, 0.6) is 0 Å². The molecule has 0 fully saturated rings. The summed E-state index contributed by atoms with van der Waals surface area (Å²) in [6, 6.07) is 7.25. The highest BCUT2D eigenvalue weighted by atomic mass is 79.9. The number of likely N-dealkylation sites (N-methyl/N-ethyl adjacent to an activating group) is 1. The molecule has 0 saturated heterocycles. The molecule has 0 radical (unpaired) electrons. The molecule has 1 aromatic rings. The van der Waals surface area contributed by atoms with Gasteiger partial charge in [0.2, 0.25) is 0 Å². The Morgan fingerprint density at radius 3 is 2.67 bits per heavy atom. The van der Waals surface area contributed by atoms with E-state index < -0.39 is 6.10 Å². The number of nitrogens with zero attached hydrogens (tertiary/aromatic N) is 1. The van der Waals surface area contributed by atoms with E-state index >= 15 is 0 Å². The molecule has 1 aromatic carbocycles. The van der Waals surface area contributed by atoms with Gasteiger partial charge in [-0.05, 0) is 35.0 Å². The van der Waals surface area contributed by atoms with Crippen molar-refractivity contribution in [2.75, 3.05) is 13.6 Å². The first kappa shape index (κ1) is 12.2. The zero-order chi connectivity index (χ0) is 11.4. The van der Waals surface area contributed by atoms with Crippen molar-refractivity contribution in [3.05, 3.63) is 34.3 Å². The number of hydrogen-bond acceptors (Lipinski definition) is 2. The number of hydrogen-bond donors (Lipinski definition) is 1. The van der Waals surface area contributed by atoms with Crippen molar-refractivity contribution in [1.82, 2.24) is 4.90 Å². The molecule has 1 atom stereocenters. The summed E-state index contributed by atoms with van der Waals surface area (Å²) in [7, 11) is 1.68. The molecule has 1 unspecified atom stereocenters. The molecule has 4 heteroatoms. The summed E-state index contributed by atoms with van der Waals surface area (Å²) in [6.45, 7) is 1.99. The summed E-state index contributed by atoms with van der Waals surface area (Å²) in [5.41, 5.74) is 0.612. The molecule has 0 aliphatic heterocycles. The van der Waals surface area contributed by atoms with Crippen LogP contribution in [-0.2, 0) is 0 Å². The normalized spacial score (nSPS) is 12.3. The van der Waals surface area contributed by atoms with E-state index in [1.807, 2.05) is 18.2 Å². The molecule has 0 bridgehead atoms. The van der Waals surface area contributed by atoms with E-state index in [1.54, 1.807) is 20.0 Å². The van der Waals surface area contributed by atoms with Gasteiger partial charge in [0.25, 0.3) is 5.91 Å². The fraction of sp³-hybridized carbons (Fsp3) is 0.364. The van der Waals surface area contributed by atoms with Crippen LogP contribution in [0.15, 0.2) is 28.7 Å². The smallest absolute Gasteiger partial charge is 0.254 e. The zero-order valence-electron chi connectivity index (χ0n) is 8.77. The Bertz CT molecular complexity index is 352. The minimum absolute atomic E-state index is 0.0941. The monoisotopic (exact) mass is 271 g/mol. The lowest BCUT2D eigenvalue weighted by Crippen LogP contribution is -2.33. The van der Waals surface area contributed by atoms with Crippen LogP contribution in [0.25, 0.3) is 0 Å². The molecule has 1 amide bonds. The Morgan fingerprint density at radius 1 is 1.53 bits per heavy atom. The topological polar surface area (TPSA) is 40.5 Å². The Morgan fingerprint density at radius 2 is 2.13 bits per heavy atom.